The molecule has 0 aromatic rings. The first-order chi connectivity index (χ1) is 8.90. The highest BCUT2D eigenvalue weighted by molar-refractivity contribution is 8.13. The number of hydrogen-bond donors (Lipinski definition) is 1. The zero-order valence-electron chi connectivity index (χ0n) is 11.5. The molecule has 6 nitrogen and oxygen atoms in total. The van der Waals surface area contributed by atoms with Gasteiger partial charge in [-0.2, -0.15) is 0 Å². The van der Waals surface area contributed by atoms with E-state index in [2.05, 4.69) is 5.32 Å². The van der Waals surface area contributed by atoms with Crippen LogP contribution < -0.4 is 5.32 Å². The van der Waals surface area contributed by atoms with Gasteiger partial charge >= 0.3 is 5.97 Å². The number of esters is 1. The summed E-state index contributed by atoms with van der Waals surface area (Å²) >= 11 is 1.25. The molecule has 19 heavy (non-hydrogen) atoms. The molecule has 1 aliphatic rings. The van der Waals surface area contributed by atoms with E-state index in [1.54, 1.807) is 4.90 Å². The number of carbonyl (C=O) groups excluding carboxylic acids is 3. The van der Waals surface area contributed by atoms with E-state index in [0.717, 1.165) is 5.75 Å². The van der Waals surface area contributed by atoms with Gasteiger partial charge in [-0.05, 0) is 20.8 Å². The van der Waals surface area contributed by atoms with Gasteiger partial charge in [0.05, 0.1) is 6.42 Å². The van der Waals surface area contributed by atoms with Gasteiger partial charge in [-0.25, -0.2) is 0 Å². The van der Waals surface area contributed by atoms with Crippen molar-refractivity contribution in [1.29, 1.82) is 0 Å². The zero-order valence-corrected chi connectivity index (χ0v) is 12.3. The van der Waals surface area contributed by atoms with E-state index in [1.807, 2.05) is 13.8 Å². The second kappa shape index (κ2) is 7.37. The topological polar surface area (TPSA) is 75.7 Å². The van der Waals surface area contributed by atoms with Crippen molar-refractivity contribution >= 4 is 28.9 Å². The summed E-state index contributed by atoms with van der Waals surface area (Å²) in [6.45, 7) is 6.22. The molecule has 0 aliphatic carbocycles. The number of carbonyl (C=O) groups is 3. The molecule has 0 spiro atoms. The maximum atomic E-state index is 11.6. The third kappa shape index (κ3) is 5.50. The molecule has 1 heterocycles. The van der Waals surface area contributed by atoms with Crippen molar-refractivity contribution in [3.05, 3.63) is 0 Å². The molecular formula is C12H20N2O4S. The number of ether oxygens (including phenoxy) is 1. The first-order valence-corrected chi connectivity index (χ1v) is 7.30. The lowest BCUT2D eigenvalue weighted by Gasteiger charge is -2.17. The Labute approximate surface area is 117 Å². The molecule has 1 atom stereocenters. The van der Waals surface area contributed by atoms with Gasteiger partial charge in [0.25, 0.3) is 11.1 Å². The maximum Gasteiger partial charge on any atom is 0.308 e. The van der Waals surface area contributed by atoms with E-state index in [4.69, 9.17) is 4.74 Å². The monoisotopic (exact) mass is 288 g/mol. The number of rotatable bonds is 6. The number of hydrogen-bond acceptors (Lipinski definition) is 5. The highest BCUT2D eigenvalue weighted by Crippen LogP contribution is 2.17. The predicted molar refractivity (Wildman–Crippen MR) is 72.9 cm³/mol. The molecule has 1 unspecified atom stereocenters. The van der Waals surface area contributed by atoms with Crippen LogP contribution in [-0.4, -0.2) is 53.0 Å². The summed E-state index contributed by atoms with van der Waals surface area (Å²) in [5.74, 6) is -0.00610. The lowest BCUT2D eigenvalue weighted by molar-refractivity contribution is -0.155. The lowest BCUT2D eigenvalue weighted by Crippen LogP contribution is -2.39. The highest BCUT2D eigenvalue weighted by Gasteiger charge is 2.23. The van der Waals surface area contributed by atoms with Crippen LogP contribution in [0.5, 0.6) is 0 Å². The highest BCUT2D eigenvalue weighted by atomic mass is 32.2. The Morgan fingerprint density at radius 1 is 1.42 bits per heavy atom. The molecule has 1 saturated heterocycles. The fourth-order valence-electron chi connectivity index (χ4n) is 1.57. The Balaban J connectivity index is 2.26. The fourth-order valence-corrected chi connectivity index (χ4v) is 2.42. The molecule has 2 amide bonds. The number of nitrogens with one attached hydrogen (secondary N) is 1. The van der Waals surface area contributed by atoms with Crippen LogP contribution >= 0.6 is 11.8 Å². The normalized spacial score (nSPS) is 16.6. The SMILES string of the molecule is CC(C)NC(=O)C(C)OC(=O)CCN1CCSC1=O. The Bertz CT molecular complexity index is 360. The predicted octanol–water partition coefficient (Wildman–Crippen LogP) is 1.00. The van der Waals surface area contributed by atoms with Crippen LogP contribution in [0.2, 0.25) is 0 Å². The summed E-state index contributed by atoms with van der Waals surface area (Å²) in [5.41, 5.74) is 0. The van der Waals surface area contributed by atoms with Crippen molar-refractivity contribution in [2.24, 2.45) is 0 Å². The molecule has 0 aromatic carbocycles. The minimum absolute atomic E-state index is 0.00148. The van der Waals surface area contributed by atoms with Crippen molar-refractivity contribution in [3.63, 3.8) is 0 Å². The third-order valence-electron chi connectivity index (χ3n) is 2.54. The summed E-state index contributed by atoms with van der Waals surface area (Å²) in [6, 6.07) is 0.00731. The van der Waals surface area contributed by atoms with Gasteiger partial charge in [-0.15, -0.1) is 0 Å². The zero-order chi connectivity index (χ0) is 14.4. The minimum atomic E-state index is -0.807. The van der Waals surface area contributed by atoms with Crippen molar-refractivity contribution in [1.82, 2.24) is 10.2 Å². The van der Waals surface area contributed by atoms with Gasteiger partial charge in [0.2, 0.25) is 0 Å². The Morgan fingerprint density at radius 2 is 2.11 bits per heavy atom. The smallest absolute Gasteiger partial charge is 0.308 e. The van der Waals surface area contributed by atoms with Gasteiger partial charge in [-0.3, -0.25) is 14.4 Å². The van der Waals surface area contributed by atoms with Gasteiger partial charge < -0.3 is 15.0 Å². The standard InChI is InChI=1S/C12H20N2O4S/c1-8(2)13-11(16)9(3)18-10(15)4-5-14-6-7-19-12(14)17/h8-9H,4-7H2,1-3H3,(H,13,16). The van der Waals surface area contributed by atoms with E-state index >= 15 is 0 Å². The van der Waals surface area contributed by atoms with Crippen molar-refractivity contribution in [2.75, 3.05) is 18.8 Å². The average Bonchev–Trinajstić information content (AvgIpc) is 2.71. The fraction of sp³-hybridized carbons (Fsp3) is 0.750. The van der Waals surface area contributed by atoms with E-state index in [-0.39, 0.29) is 23.6 Å². The van der Waals surface area contributed by atoms with Crippen LogP contribution in [0.4, 0.5) is 4.79 Å². The second-order valence-electron chi connectivity index (χ2n) is 4.65. The van der Waals surface area contributed by atoms with Crippen molar-refractivity contribution in [3.8, 4) is 0 Å². The van der Waals surface area contributed by atoms with Gasteiger partial charge in [0.15, 0.2) is 6.10 Å². The summed E-state index contributed by atoms with van der Waals surface area (Å²) < 4.78 is 5.01. The van der Waals surface area contributed by atoms with Crippen LogP contribution in [0.15, 0.2) is 0 Å². The molecular weight excluding hydrogens is 268 g/mol. The van der Waals surface area contributed by atoms with E-state index in [9.17, 15) is 14.4 Å². The molecule has 108 valence electrons. The summed E-state index contributed by atoms with van der Waals surface area (Å²) in [5, 5.41) is 2.67. The van der Waals surface area contributed by atoms with Crippen LogP contribution in [0.1, 0.15) is 27.2 Å². The van der Waals surface area contributed by atoms with E-state index in [1.165, 1.54) is 18.7 Å². The molecule has 1 N–H and O–H groups in total. The Hall–Kier alpha value is -1.24. The summed E-state index contributed by atoms with van der Waals surface area (Å²) in [7, 11) is 0. The number of amides is 2. The van der Waals surface area contributed by atoms with Crippen molar-refractivity contribution in [2.45, 2.75) is 39.3 Å². The largest absolute Gasteiger partial charge is 0.452 e. The van der Waals surface area contributed by atoms with Gasteiger partial charge in [-0.1, -0.05) is 11.8 Å². The molecule has 0 radical (unpaired) electrons. The van der Waals surface area contributed by atoms with Gasteiger partial charge in [0, 0.05) is 24.9 Å². The molecule has 0 bridgehead atoms. The quantitative estimate of drug-likeness (QED) is 0.738. The molecule has 1 rings (SSSR count). The van der Waals surface area contributed by atoms with Gasteiger partial charge in [0.1, 0.15) is 0 Å². The third-order valence-corrected chi connectivity index (χ3v) is 3.43. The molecule has 7 heteroatoms. The average molecular weight is 288 g/mol. The molecule has 0 saturated carbocycles. The number of nitrogens with zero attached hydrogens (tertiary/aromatic N) is 1. The second-order valence-corrected chi connectivity index (χ2v) is 5.69. The van der Waals surface area contributed by atoms with E-state index < -0.39 is 12.1 Å². The lowest BCUT2D eigenvalue weighted by atomic mass is 10.3. The van der Waals surface area contributed by atoms with Crippen LogP contribution in [0, 0.1) is 0 Å². The summed E-state index contributed by atoms with van der Waals surface area (Å²) in [4.78, 5) is 36.0. The van der Waals surface area contributed by atoms with Crippen LogP contribution in [0.3, 0.4) is 0 Å². The minimum Gasteiger partial charge on any atom is -0.452 e. The van der Waals surface area contributed by atoms with Crippen molar-refractivity contribution < 1.29 is 19.1 Å². The molecule has 1 fully saturated rings. The van der Waals surface area contributed by atoms with Crippen LogP contribution in [-0.2, 0) is 14.3 Å². The maximum absolute atomic E-state index is 11.6. The Morgan fingerprint density at radius 3 is 2.63 bits per heavy atom. The Kier molecular flexibility index (Phi) is 6.14. The number of thioether (sulfide) groups is 1. The molecule has 1 aliphatic heterocycles. The summed E-state index contributed by atoms with van der Waals surface area (Å²) in [6.07, 6.45) is -0.690. The van der Waals surface area contributed by atoms with E-state index in [0.29, 0.717) is 13.1 Å². The first kappa shape index (κ1) is 15.8. The first-order valence-electron chi connectivity index (χ1n) is 6.31. The van der Waals surface area contributed by atoms with Crippen LogP contribution in [0.25, 0.3) is 0 Å². The molecule has 0 aromatic heterocycles.